The molecular weight excluding hydrogens is 214 g/mol. The summed E-state index contributed by atoms with van der Waals surface area (Å²) in [4.78, 5) is 13.6. The number of hydrogen-bond acceptors (Lipinski definition) is 2. The minimum absolute atomic E-state index is 0.201. The average Bonchev–Trinajstić information content (AvgIpc) is 2.92. The van der Waals surface area contributed by atoms with Gasteiger partial charge in [0.2, 0.25) is 5.91 Å². The zero-order valence-corrected chi connectivity index (χ0v) is 9.75. The zero-order chi connectivity index (χ0) is 11.8. The lowest BCUT2D eigenvalue weighted by atomic mass is 9.92. The molecule has 3 heteroatoms. The molecule has 1 aromatic rings. The van der Waals surface area contributed by atoms with E-state index >= 15 is 0 Å². The predicted octanol–water partition coefficient (Wildman–Crippen LogP) is 1.73. The Labute approximate surface area is 101 Å². The van der Waals surface area contributed by atoms with Crippen LogP contribution in [-0.2, 0) is 4.79 Å². The standard InChI is InChI=1S/C14H17NO2/c16-13-7-6-12-8-11(9-15(12)13)14(17)10-4-2-1-3-5-10/h1-5,11-12,14,17H,6-9H2/t11-,12+,14-/m0/s1. The van der Waals surface area contributed by atoms with Crippen molar-refractivity contribution in [1.29, 1.82) is 0 Å². The van der Waals surface area contributed by atoms with Crippen LogP contribution in [0.25, 0.3) is 0 Å². The molecule has 3 atom stereocenters. The second-order valence-corrected chi connectivity index (χ2v) is 5.09. The lowest BCUT2D eigenvalue weighted by Crippen LogP contribution is -2.28. The first-order valence-corrected chi connectivity index (χ1v) is 6.28. The molecule has 0 aromatic heterocycles. The van der Waals surface area contributed by atoms with E-state index in [0.717, 1.165) is 24.9 Å². The molecule has 0 saturated carbocycles. The number of hydrogen-bond donors (Lipinski definition) is 1. The van der Waals surface area contributed by atoms with Gasteiger partial charge in [0.1, 0.15) is 0 Å². The zero-order valence-electron chi connectivity index (χ0n) is 9.75. The van der Waals surface area contributed by atoms with E-state index in [2.05, 4.69) is 0 Å². The van der Waals surface area contributed by atoms with Gasteiger partial charge in [-0.25, -0.2) is 0 Å². The van der Waals surface area contributed by atoms with Crippen molar-refractivity contribution in [2.75, 3.05) is 6.54 Å². The smallest absolute Gasteiger partial charge is 0.222 e. The van der Waals surface area contributed by atoms with E-state index in [-0.39, 0.29) is 11.8 Å². The first-order chi connectivity index (χ1) is 8.25. The van der Waals surface area contributed by atoms with Crippen LogP contribution in [0, 0.1) is 5.92 Å². The van der Waals surface area contributed by atoms with Crippen molar-refractivity contribution in [3.05, 3.63) is 35.9 Å². The molecule has 17 heavy (non-hydrogen) atoms. The number of rotatable bonds is 2. The van der Waals surface area contributed by atoms with Gasteiger partial charge in [0.25, 0.3) is 0 Å². The normalized spacial score (nSPS) is 29.5. The van der Waals surface area contributed by atoms with Gasteiger partial charge >= 0.3 is 0 Å². The minimum Gasteiger partial charge on any atom is -0.388 e. The lowest BCUT2D eigenvalue weighted by Gasteiger charge is -2.19. The molecule has 2 fully saturated rings. The van der Waals surface area contributed by atoms with E-state index in [0.29, 0.717) is 12.5 Å². The molecule has 2 saturated heterocycles. The Morgan fingerprint density at radius 2 is 2.06 bits per heavy atom. The van der Waals surface area contributed by atoms with Crippen molar-refractivity contribution in [2.45, 2.75) is 31.4 Å². The molecule has 0 aliphatic carbocycles. The van der Waals surface area contributed by atoms with Crippen LogP contribution in [0.2, 0.25) is 0 Å². The molecule has 1 aromatic carbocycles. The Hall–Kier alpha value is -1.35. The summed E-state index contributed by atoms with van der Waals surface area (Å²) in [5.41, 5.74) is 0.964. The number of nitrogens with zero attached hydrogens (tertiary/aromatic N) is 1. The minimum atomic E-state index is -0.436. The molecule has 3 rings (SSSR count). The second kappa shape index (κ2) is 4.15. The number of amides is 1. The number of fused-ring (bicyclic) bond motifs is 1. The first-order valence-electron chi connectivity index (χ1n) is 6.28. The van der Waals surface area contributed by atoms with Crippen molar-refractivity contribution in [3.8, 4) is 0 Å². The quantitative estimate of drug-likeness (QED) is 0.842. The Balaban J connectivity index is 1.73. The van der Waals surface area contributed by atoms with Gasteiger partial charge in [-0.15, -0.1) is 0 Å². The van der Waals surface area contributed by atoms with Gasteiger partial charge in [-0.2, -0.15) is 0 Å². The van der Waals surface area contributed by atoms with Crippen LogP contribution in [0.4, 0.5) is 0 Å². The third-order valence-electron chi connectivity index (χ3n) is 4.05. The number of benzene rings is 1. The van der Waals surface area contributed by atoms with E-state index in [9.17, 15) is 9.90 Å². The highest BCUT2D eigenvalue weighted by atomic mass is 16.3. The highest BCUT2D eigenvalue weighted by Gasteiger charge is 2.42. The molecule has 0 unspecified atom stereocenters. The number of aliphatic hydroxyl groups is 1. The van der Waals surface area contributed by atoms with E-state index < -0.39 is 6.10 Å². The fraction of sp³-hybridized carbons (Fsp3) is 0.500. The van der Waals surface area contributed by atoms with Gasteiger partial charge in [0.05, 0.1) is 6.10 Å². The topological polar surface area (TPSA) is 40.5 Å². The maximum absolute atomic E-state index is 11.6. The van der Waals surface area contributed by atoms with Gasteiger partial charge in [0, 0.05) is 24.9 Å². The second-order valence-electron chi connectivity index (χ2n) is 5.09. The number of carbonyl (C=O) groups excluding carboxylic acids is 1. The summed E-state index contributed by atoms with van der Waals surface area (Å²) >= 11 is 0. The molecule has 0 radical (unpaired) electrons. The van der Waals surface area contributed by atoms with Gasteiger partial charge in [-0.05, 0) is 18.4 Å². The van der Waals surface area contributed by atoms with Crippen LogP contribution in [-0.4, -0.2) is 28.5 Å². The summed E-state index contributed by atoms with van der Waals surface area (Å²) in [6.45, 7) is 0.722. The molecule has 90 valence electrons. The van der Waals surface area contributed by atoms with Crippen LogP contribution >= 0.6 is 0 Å². The number of carbonyl (C=O) groups is 1. The molecule has 1 N–H and O–H groups in total. The summed E-state index contributed by atoms with van der Waals surface area (Å²) in [6.07, 6.45) is 2.17. The maximum Gasteiger partial charge on any atom is 0.222 e. The number of aliphatic hydroxyl groups excluding tert-OH is 1. The summed E-state index contributed by atoms with van der Waals surface area (Å²) in [7, 11) is 0. The average molecular weight is 231 g/mol. The van der Waals surface area contributed by atoms with Gasteiger partial charge in [0.15, 0.2) is 0 Å². The third-order valence-corrected chi connectivity index (χ3v) is 4.05. The van der Waals surface area contributed by atoms with E-state index in [4.69, 9.17) is 0 Å². The van der Waals surface area contributed by atoms with Crippen molar-refractivity contribution < 1.29 is 9.90 Å². The van der Waals surface area contributed by atoms with Gasteiger partial charge in [-0.1, -0.05) is 30.3 Å². The Kier molecular flexibility index (Phi) is 2.63. The van der Waals surface area contributed by atoms with Crippen molar-refractivity contribution in [3.63, 3.8) is 0 Å². The molecule has 3 nitrogen and oxygen atoms in total. The van der Waals surface area contributed by atoms with Gasteiger partial charge in [-0.3, -0.25) is 4.79 Å². The molecule has 0 bridgehead atoms. The fourth-order valence-electron chi connectivity index (χ4n) is 3.12. The summed E-state index contributed by atoms with van der Waals surface area (Å²) in [5, 5.41) is 10.3. The Bertz CT molecular complexity index is 417. The molecule has 0 spiro atoms. The van der Waals surface area contributed by atoms with E-state index in [1.54, 1.807) is 0 Å². The monoisotopic (exact) mass is 231 g/mol. The van der Waals surface area contributed by atoms with Gasteiger partial charge < -0.3 is 10.0 Å². The molecule has 2 aliphatic heterocycles. The van der Waals surface area contributed by atoms with Crippen LogP contribution in [0.15, 0.2) is 30.3 Å². The van der Waals surface area contributed by atoms with Crippen LogP contribution in [0.3, 0.4) is 0 Å². The van der Waals surface area contributed by atoms with E-state index in [1.165, 1.54) is 0 Å². The molecular formula is C14H17NO2. The lowest BCUT2D eigenvalue weighted by molar-refractivity contribution is -0.128. The molecule has 1 amide bonds. The largest absolute Gasteiger partial charge is 0.388 e. The highest BCUT2D eigenvalue weighted by molar-refractivity contribution is 5.79. The highest BCUT2D eigenvalue weighted by Crippen LogP contribution is 2.38. The summed E-state index contributed by atoms with van der Waals surface area (Å²) in [5.74, 6) is 0.462. The van der Waals surface area contributed by atoms with Crippen LogP contribution in [0.5, 0.6) is 0 Å². The third kappa shape index (κ3) is 1.84. The molecule has 2 heterocycles. The summed E-state index contributed by atoms with van der Waals surface area (Å²) in [6, 6.07) is 10.1. The fourth-order valence-corrected chi connectivity index (χ4v) is 3.12. The first kappa shape index (κ1) is 10.8. The Morgan fingerprint density at radius 1 is 1.29 bits per heavy atom. The van der Waals surface area contributed by atoms with Crippen molar-refractivity contribution >= 4 is 5.91 Å². The van der Waals surface area contributed by atoms with Crippen molar-refractivity contribution in [2.24, 2.45) is 5.92 Å². The SMILES string of the molecule is O=C1CC[C@@H]2C[C@H]([C@@H](O)c3ccccc3)CN12. The van der Waals surface area contributed by atoms with Crippen molar-refractivity contribution in [1.82, 2.24) is 4.90 Å². The molecule has 2 aliphatic rings. The maximum atomic E-state index is 11.6. The van der Waals surface area contributed by atoms with Crippen LogP contribution in [0.1, 0.15) is 30.9 Å². The Morgan fingerprint density at radius 3 is 2.76 bits per heavy atom. The summed E-state index contributed by atoms with van der Waals surface area (Å²) < 4.78 is 0. The van der Waals surface area contributed by atoms with E-state index in [1.807, 2.05) is 35.2 Å². The van der Waals surface area contributed by atoms with Crippen LogP contribution < -0.4 is 0 Å². The predicted molar refractivity (Wildman–Crippen MR) is 64.2 cm³/mol.